The first-order chi connectivity index (χ1) is 17.4. The van der Waals surface area contributed by atoms with Crippen LogP contribution in [0.3, 0.4) is 0 Å². The number of carboxylic acids is 1. The van der Waals surface area contributed by atoms with Crippen LogP contribution in [0.15, 0.2) is 87.2 Å². The summed E-state index contributed by atoms with van der Waals surface area (Å²) >= 11 is 4.72. The lowest BCUT2D eigenvalue weighted by Crippen LogP contribution is -2.32. The fraction of sp³-hybridized carbons (Fsp3) is 0.148. The van der Waals surface area contributed by atoms with Crippen molar-refractivity contribution in [3.05, 3.63) is 93.3 Å². The Morgan fingerprint density at radius 1 is 1.14 bits per heavy atom. The number of ether oxygens (including phenoxy) is 2. The molecular formula is C27H23BrN2O5S. The molecule has 4 rings (SSSR count). The third-order valence-corrected chi connectivity index (χ3v) is 6.95. The molecule has 1 aliphatic heterocycles. The molecule has 1 saturated heterocycles. The van der Waals surface area contributed by atoms with Crippen molar-refractivity contribution in [2.45, 2.75) is 13.0 Å². The second kappa shape index (κ2) is 11.5. The lowest BCUT2D eigenvalue weighted by molar-refractivity contribution is -0.139. The van der Waals surface area contributed by atoms with Crippen LogP contribution in [-0.4, -0.2) is 40.8 Å². The van der Waals surface area contributed by atoms with E-state index in [-0.39, 0.29) is 17.7 Å². The van der Waals surface area contributed by atoms with E-state index >= 15 is 0 Å². The minimum atomic E-state index is -1.10. The Morgan fingerprint density at radius 2 is 1.81 bits per heavy atom. The maximum Gasteiger partial charge on any atom is 0.341 e. The van der Waals surface area contributed by atoms with Gasteiger partial charge in [-0.05, 0) is 76.1 Å². The monoisotopic (exact) mass is 566 g/mol. The van der Waals surface area contributed by atoms with Gasteiger partial charge in [-0.1, -0.05) is 48.5 Å². The van der Waals surface area contributed by atoms with Gasteiger partial charge in [-0.2, -0.15) is 0 Å². The standard InChI is InChI=1S/C27H23BrN2O5S/c1-17(19-9-5-3-6-10-19)30-26(33)23(36-27(30)29-20-11-7-4-8-12-20)15-18-13-21(28)25(22(14-18)34-2)35-16-24(31)32/h3-15,17H,16H2,1-2H3,(H,31,32)/b23-15+,29-27?/t17-/m1/s1. The molecule has 3 aromatic rings. The predicted molar refractivity (Wildman–Crippen MR) is 145 cm³/mol. The molecule has 36 heavy (non-hydrogen) atoms. The number of carboxylic acid groups (broad SMARTS) is 1. The van der Waals surface area contributed by atoms with Crippen LogP contribution in [0, 0.1) is 0 Å². The van der Waals surface area contributed by atoms with Gasteiger partial charge in [-0.15, -0.1) is 0 Å². The molecule has 0 aromatic heterocycles. The second-order valence-electron chi connectivity index (χ2n) is 7.82. The number of amidine groups is 1. The average Bonchev–Trinajstić information content (AvgIpc) is 3.17. The average molecular weight is 567 g/mol. The Kier molecular flexibility index (Phi) is 8.12. The number of carbonyl (C=O) groups excluding carboxylic acids is 1. The van der Waals surface area contributed by atoms with Crippen LogP contribution in [0.4, 0.5) is 5.69 Å². The zero-order valence-corrected chi connectivity index (χ0v) is 22.0. The van der Waals surface area contributed by atoms with E-state index in [4.69, 9.17) is 19.6 Å². The molecule has 1 atom stereocenters. The summed E-state index contributed by atoms with van der Waals surface area (Å²) in [5.74, 6) is -0.632. The van der Waals surface area contributed by atoms with E-state index < -0.39 is 12.6 Å². The molecule has 0 saturated carbocycles. The van der Waals surface area contributed by atoms with Crippen molar-refractivity contribution in [3.8, 4) is 11.5 Å². The number of hydrogen-bond donors (Lipinski definition) is 1. The van der Waals surface area contributed by atoms with E-state index in [1.165, 1.54) is 18.9 Å². The lowest BCUT2D eigenvalue weighted by atomic mass is 10.1. The Balaban J connectivity index is 1.72. The highest BCUT2D eigenvalue weighted by Gasteiger charge is 2.37. The van der Waals surface area contributed by atoms with Gasteiger partial charge in [0.15, 0.2) is 23.3 Å². The Labute approximate surface area is 221 Å². The number of rotatable bonds is 8. The molecule has 0 spiro atoms. The third-order valence-electron chi connectivity index (χ3n) is 5.38. The first kappa shape index (κ1) is 25.5. The number of halogens is 1. The number of benzene rings is 3. The number of nitrogens with zero attached hydrogens (tertiary/aromatic N) is 2. The molecule has 1 amide bonds. The van der Waals surface area contributed by atoms with Crippen molar-refractivity contribution in [2.75, 3.05) is 13.7 Å². The Morgan fingerprint density at radius 3 is 2.44 bits per heavy atom. The van der Waals surface area contributed by atoms with Crippen molar-refractivity contribution < 1.29 is 24.2 Å². The minimum absolute atomic E-state index is 0.160. The molecule has 7 nitrogen and oxygen atoms in total. The van der Waals surface area contributed by atoms with Gasteiger partial charge in [0.05, 0.1) is 28.2 Å². The van der Waals surface area contributed by atoms with Gasteiger partial charge >= 0.3 is 5.97 Å². The zero-order valence-electron chi connectivity index (χ0n) is 19.6. The van der Waals surface area contributed by atoms with Gasteiger partial charge in [0, 0.05) is 0 Å². The third kappa shape index (κ3) is 5.80. The molecule has 1 fully saturated rings. The number of aliphatic carboxylic acids is 1. The van der Waals surface area contributed by atoms with Gasteiger partial charge in [0.2, 0.25) is 0 Å². The summed E-state index contributed by atoms with van der Waals surface area (Å²) in [4.78, 5) is 31.5. The summed E-state index contributed by atoms with van der Waals surface area (Å²) in [5, 5.41) is 9.52. The number of carbonyl (C=O) groups is 2. The molecule has 3 aromatic carbocycles. The Bertz CT molecular complexity index is 1330. The van der Waals surface area contributed by atoms with Crippen LogP contribution < -0.4 is 9.47 Å². The zero-order chi connectivity index (χ0) is 25.7. The van der Waals surface area contributed by atoms with Gasteiger partial charge in [0.1, 0.15) is 0 Å². The first-order valence-electron chi connectivity index (χ1n) is 11.0. The quantitative estimate of drug-likeness (QED) is 0.322. The number of para-hydroxylation sites is 1. The summed E-state index contributed by atoms with van der Waals surface area (Å²) < 4.78 is 11.3. The minimum Gasteiger partial charge on any atom is -0.493 e. The van der Waals surface area contributed by atoms with E-state index in [1.807, 2.05) is 67.6 Å². The van der Waals surface area contributed by atoms with Crippen LogP contribution in [0.1, 0.15) is 24.1 Å². The number of methoxy groups -OCH3 is 1. The summed E-state index contributed by atoms with van der Waals surface area (Å²) in [7, 11) is 1.47. The van der Waals surface area contributed by atoms with Crippen molar-refractivity contribution in [2.24, 2.45) is 4.99 Å². The van der Waals surface area contributed by atoms with Crippen LogP contribution >= 0.6 is 27.7 Å². The summed E-state index contributed by atoms with van der Waals surface area (Å²) in [6, 6.07) is 22.5. The molecule has 184 valence electrons. The number of aliphatic imine (C=N–C) groups is 1. The highest BCUT2D eigenvalue weighted by molar-refractivity contribution is 9.10. The SMILES string of the molecule is COc1cc(/C=C2/SC(=Nc3ccccc3)N([C@H](C)c3ccccc3)C2=O)cc(Br)c1OCC(=O)O. The van der Waals surface area contributed by atoms with Crippen LogP contribution in [-0.2, 0) is 9.59 Å². The largest absolute Gasteiger partial charge is 0.493 e. The van der Waals surface area contributed by atoms with Gasteiger partial charge in [-0.3, -0.25) is 9.69 Å². The molecule has 0 bridgehead atoms. The van der Waals surface area contributed by atoms with Gasteiger partial charge in [-0.25, -0.2) is 9.79 Å². The maximum absolute atomic E-state index is 13.6. The van der Waals surface area contributed by atoms with E-state index in [9.17, 15) is 9.59 Å². The summed E-state index contributed by atoms with van der Waals surface area (Å²) in [6.07, 6.45) is 1.76. The van der Waals surface area contributed by atoms with Crippen LogP contribution in [0.2, 0.25) is 0 Å². The van der Waals surface area contributed by atoms with Crippen molar-refractivity contribution in [1.29, 1.82) is 0 Å². The van der Waals surface area contributed by atoms with Crippen LogP contribution in [0.25, 0.3) is 6.08 Å². The number of amides is 1. The van der Waals surface area contributed by atoms with E-state index in [0.717, 1.165) is 11.3 Å². The molecular weight excluding hydrogens is 544 g/mol. The lowest BCUT2D eigenvalue weighted by Gasteiger charge is -2.24. The van der Waals surface area contributed by atoms with Gasteiger partial charge in [0.25, 0.3) is 5.91 Å². The molecule has 1 N–H and O–H groups in total. The summed E-state index contributed by atoms with van der Waals surface area (Å²) in [5.41, 5.74) is 2.44. The van der Waals surface area contributed by atoms with E-state index in [1.54, 1.807) is 23.1 Å². The fourth-order valence-corrected chi connectivity index (χ4v) is 5.29. The fourth-order valence-electron chi connectivity index (χ4n) is 3.65. The van der Waals surface area contributed by atoms with Crippen molar-refractivity contribution in [3.63, 3.8) is 0 Å². The molecule has 1 heterocycles. The second-order valence-corrected chi connectivity index (χ2v) is 9.68. The number of thioether (sulfide) groups is 1. The predicted octanol–water partition coefficient (Wildman–Crippen LogP) is 6.29. The van der Waals surface area contributed by atoms with E-state index in [0.29, 0.717) is 25.9 Å². The molecule has 9 heteroatoms. The molecule has 0 unspecified atom stereocenters. The molecule has 1 aliphatic rings. The summed E-state index contributed by atoms with van der Waals surface area (Å²) in [6.45, 7) is 1.47. The van der Waals surface area contributed by atoms with Gasteiger partial charge < -0.3 is 14.6 Å². The van der Waals surface area contributed by atoms with Crippen LogP contribution in [0.5, 0.6) is 11.5 Å². The Hall–Kier alpha value is -3.56. The normalized spacial score (nSPS) is 16.4. The van der Waals surface area contributed by atoms with Crippen molar-refractivity contribution in [1.82, 2.24) is 4.90 Å². The first-order valence-corrected chi connectivity index (χ1v) is 12.6. The highest BCUT2D eigenvalue weighted by Crippen LogP contribution is 2.41. The van der Waals surface area contributed by atoms with E-state index in [2.05, 4.69) is 15.9 Å². The number of hydrogen-bond acceptors (Lipinski definition) is 6. The maximum atomic E-state index is 13.6. The molecule has 0 aliphatic carbocycles. The molecule has 0 radical (unpaired) electrons. The van der Waals surface area contributed by atoms with Crippen molar-refractivity contribution >= 4 is 56.5 Å². The highest BCUT2D eigenvalue weighted by atomic mass is 79.9. The smallest absolute Gasteiger partial charge is 0.341 e. The topological polar surface area (TPSA) is 88.4 Å².